The number of aromatic nitrogens is 2. The van der Waals surface area contributed by atoms with Crippen molar-refractivity contribution in [2.24, 2.45) is 0 Å². The first-order chi connectivity index (χ1) is 8.63. The van der Waals surface area contributed by atoms with E-state index >= 15 is 0 Å². The lowest BCUT2D eigenvalue weighted by Gasteiger charge is -2.09. The maximum absolute atomic E-state index is 11.8. The fourth-order valence-electron chi connectivity index (χ4n) is 2.01. The molecule has 0 saturated heterocycles. The zero-order chi connectivity index (χ0) is 13.1. The van der Waals surface area contributed by atoms with Gasteiger partial charge in [0.25, 0.3) is 5.56 Å². The number of hydrogen-bond acceptors (Lipinski definition) is 2. The predicted molar refractivity (Wildman–Crippen MR) is 73.4 cm³/mol. The number of rotatable bonds is 4. The van der Waals surface area contributed by atoms with Gasteiger partial charge in [-0.2, -0.15) is 0 Å². The van der Waals surface area contributed by atoms with Crippen LogP contribution in [0.2, 0.25) is 5.02 Å². The Balaban J connectivity index is 2.58. The monoisotopic (exact) mass is 266 g/mol. The molecule has 0 saturated carbocycles. The van der Waals surface area contributed by atoms with Crippen LogP contribution in [0.3, 0.4) is 0 Å². The molecule has 96 valence electrons. The van der Waals surface area contributed by atoms with Crippen LogP contribution in [0, 0.1) is 0 Å². The summed E-state index contributed by atoms with van der Waals surface area (Å²) in [6.45, 7) is 2.72. The molecule has 0 fully saturated rings. The number of fused-ring (bicyclic) bond motifs is 1. The lowest BCUT2D eigenvalue weighted by molar-refractivity contribution is 0.591. The summed E-state index contributed by atoms with van der Waals surface area (Å²) in [6, 6.07) is 5.00. The molecular formula is C13H15ClN2O2. The number of aryl methyl sites for hydroxylation is 1. The van der Waals surface area contributed by atoms with Gasteiger partial charge in [-0.3, -0.25) is 14.3 Å². The lowest BCUT2D eigenvalue weighted by atomic mass is 10.2. The van der Waals surface area contributed by atoms with Gasteiger partial charge in [0.1, 0.15) is 0 Å². The van der Waals surface area contributed by atoms with E-state index in [-0.39, 0.29) is 11.2 Å². The van der Waals surface area contributed by atoms with E-state index in [4.69, 9.17) is 11.6 Å². The van der Waals surface area contributed by atoms with Crippen molar-refractivity contribution in [1.29, 1.82) is 0 Å². The Bertz CT molecular complexity index is 673. The lowest BCUT2D eigenvalue weighted by Crippen LogP contribution is -2.30. The van der Waals surface area contributed by atoms with E-state index in [9.17, 15) is 9.59 Å². The van der Waals surface area contributed by atoms with Crippen LogP contribution < -0.4 is 11.2 Å². The Kier molecular flexibility index (Phi) is 3.87. The van der Waals surface area contributed by atoms with Gasteiger partial charge in [0.05, 0.1) is 10.9 Å². The molecule has 4 nitrogen and oxygen atoms in total. The maximum atomic E-state index is 11.8. The van der Waals surface area contributed by atoms with Crippen LogP contribution in [0.25, 0.3) is 10.9 Å². The number of nitrogens with zero attached hydrogens (tertiary/aromatic N) is 1. The molecule has 2 rings (SSSR count). The average molecular weight is 267 g/mol. The highest BCUT2D eigenvalue weighted by Crippen LogP contribution is 2.15. The van der Waals surface area contributed by atoms with Crippen molar-refractivity contribution in [3.63, 3.8) is 0 Å². The number of halogens is 1. The van der Waals surface area contributed by atoms with Crippen molar-refractivity contribution in [2.45, 2.75) is 32.7 Å². The largest absolute Gasteiger partial charge is 0.328 e. The molecular weight excluding hydrogens is 252 g/mol. The number of unbranched alkanes of at least 4 members (excludes halogenated alkanes) is 2. The van der Waals surface area contributed by atoms with Gasteiger partial charge in [-0.15, -0.1) is 0 Å². The SMILES string of the molecule is CCCCCn1c(=O)[nH]c(=O)c2cc(Cl)ccc21. The minimum absolute atomic E-state index is 0.356. The molecule has 0 amide bonds. The molecule has 0 aliphatic heterocycles. The molecule has 0 bridgehead atoms. The molecule has 0 radical (unpaired) electrons. The first kappa shape index (κ1) is 12.9. The second-order valence-corrected chi connectivity index (χ2v) is 4.72. The summed E-state index contributed by atoms with van der Waals surface area (Å²) in [4.78, 5) is 25.8. The summed E-state index contributed by atoms with van der Waals surface area (Å²) >= 11 is 5.87. The minimum Gasteiger partial charge on any atom is -0.293 e. The first-order valence-corrected chi connectivity index (χ1v) is 6.43. The fraction of sp³-hybridized carbons (Fsp3) is 0.385. The molecule has 1 aromatic heterocycles. The molecule has 1 heterocycles. The van der Waals surface area contributed by atoms with Crippen molar-refractivity contribution >= 4 is 22.5 Å². The Hall–Kier alpha value is -1.55. The summed E-state index contributed by atoms with van der Waals surface area (Å²) in [5.41, 5.74) is -0.0978. The van der Waals surface area contributed by atoms with Crippen molar-refractivity contribution in [3.8, 4) is 0 Å². The zero-order valence-corrected chi connectivity index (χ0v) is 11.0. The Morgan fingerprint density at radius 1 is 1.28 bits per heavy atom. The summed E-state index contributed by atoms with van der Waals surface area (Å²) in [7, 11) is 0. The van der Waals surface area contributed by atoms with E-state index in [1.807, 2.05) is 0 Å². The molecule has 0 aliphatic rings. The number of hydrogen-bond donors (Lipinski definition) is 1. The van der Waals surface area contributed by atoms with E-state index in [1.54, 1.807) is 22.8 Å². The second kappa shape index (κ2) is 5.40. The van der Waals surface area contributed by atoms with Crippen molar-refractivity contribution in [2.75, 3.05) is 0 Å². The normalized spacial score (nSPS) is 11.0. The Morgan fingerprint density at radius 3 is 2.78 bits per heavy atom. The van der Waals surface area contributed by atoms with E-state index in [1.165, 1.54) is 0 Å². The smallest absolute Gasteiger partial charge is 0.293 e. The topological polar surface area (TPSA) is 54.9 Å². The second-order valence-electron chi connectivity index (χ2n) is 4.28. The van der Waals surface area contributed by atoms with E-state index in [2.05, 4.69) is 11.9 Å². The molecule has 5 heteroatoms. The van der Waals surface area contributed by atoms with E-state index < -0.39 is 0 Å². The highest BCUT2D eigenvalue weighted by atomic mass is 35.5. The van der Waals surface area contributed by atoms with Gasteiger partial charge < -0.3 is 0 Å². The van der Waals surface area contributed by atoms with E-state index in [0.717, 1.165) is 19.3 Å². The van der Waals surface area contributed by atoms with Crippen molar-refractivity contribution < 1.29 is 0 Å². The highest BCUT2D eigenvalue weighted by molar-refractivity contribution is 6.31. The number of nitrogens with one attached hydrogen (secondary N) is 1. The van der Waals surface area contributed by atoms with Crippen LogP contribution in [0.4, 0.5) is 0 Å². The van der Waals surface area contributed by atoms with E-state index in [0.29, 0.717) is 22.5 Å². The van der Waals surface area contributed by atoms with Gasteiger partial charge in [0.15, 0.2) is 0 Å². The third-order valence-electron chi connectivity index (χ3n) is 2.94. The van der Waals surface area contributed by atoms with Crippen LogP contribution in [0.15, 0.2) is 27.8 Å². The van der Waals surface area contributed by atoms with Crippen LogP contribution >= 0.6 is 11.6 Å². The summed E-state index contributed by atoms with van der Waals surface area (Å²) in [6.07, 6.45) is 3.06. The number of benzene rings is 1. The van der Waals surface area contributed by atoms with Gasteiger partial charge in [-0.05, 0) is 24.6 Å². The molecule has 0 unspecified atom stereocenters. The zero-order valence-electron chi connectivity index (χ0n) is 10.2. The standard InChI is InChI=1S/C13H15ClN2O2/c1-2-3-4-7-16-11-6-5-9(14)8-10(11)12(17)15-13(16)18/h5-6,8H,2-4,7H2,1H3,(H,15,17,18). The quantitative estimate of drug-likeness (QED) is 0.865. The molecule has 2 aromatic rings. The highest BCUT2D eigenvalue weighted by Gasteiger charge is 2.07. The van der Waals surface area contributed by atoms with Gasteiger partial charge >= 0.3 is 5.69 Å². The summed E-state index contributed by atoms with van der Waals surface area (Å²) in [5, 5.41) is 0.949. The van der Waals surface area contributed by atoms with Gasteiger partial charge in [-0.1, -0.05) is 31.4 Å². The molecule has 18 heavy (non-hydrogen) atoms. The van der Waals surface area contributed by atoms with Crippen LogP contribution in [0.1, 0.15) is 26.2 Å². The fourth-order valence-corrected chi connectivity index (χ4v) is 2.18. The number of H-pyrrole nitrogens is 1. The third kappa shape index (κ3) is 2.48. The Labute approximate surface area is 109 Å². The minimum atomic E-state index is -0.385. The van der Waals surface area contributed by atoms with Crippen LogP contribution in [-0.2, 0) is 6.54 Å². The molecule has 0 aliphatic carbocycles. The van der Waals surface area contributed by atoms with Gasteiger partial charge in [0.2, 0.25) is 0 Å². The molecule has 0 atom stereocenters. The van der Waals surface area contributed by atoms with Crippen molar-refractivity contribution in [3.05, 3.63) is 44.1 Å². The summed E-state index contributed by atoms with van der Waals surface area (Å²) in [5.74, 6) is 0. The van der Waals surface area contributed by atoms with Crippen LogP contribution in [-0.4, -0.2) is 9.55 Å². The average Bonchev–Trinajstić information content (AvgIpc) is 2.34. The third-order valence-corrected chi connectivity index (χ3v) is 3.18. The summed E-state index contributed by atoms with van der Waals surface area (Å²) < 4.78 is 1.60. The van der Waals surface area contributed by atoms with Gasteiger partial charge in [0, 0.05) is 11.6 Å². The molecule has 0 spiro atoms. The van der Waals surface area contributed by atoms with Gasteiger partial charge in [-0.25, -0.2) is 4.79 Å². The van der Waals surface area contributed by atoms with Crippen LogP contribution in [0.5, 0.6) is 0 Å². The molecule has 1 aromatic carbocycles. The maximum Gasteiger partial charge on any atom is 0.328 e. The van der Waals surface area contributed by atoms with Crippen molar-refractivity contribution in [1.82, 2.24) is 9.55 Å². The first-order valence-electron chi connectivity index (χ1n) is 6.06. The molecule has 1 N–H and O–H groups in total. The Morgan fingerprint density at radius 2 is 2.06 bits per heavy atom. The number of aromatic amines is 1. The predicted octanol–water partition coefficient (Wildman–Crippen LogP) is 2.53.